The van der Waals surface area contributed by atoms with Crippen molar-refractivity contribution in [2.75, 3.05) is 7.11 Å². The van der Waals surface area contributed by atoms with Gasteiger partial charge in [-0.05, 0) is 12.1 Å². The second-order valence-electron chi connectivity index (χ2n) is 5.54. The third-order valence-electron chi connectivity index (χ3n) is 3.98. The van der Waals surface area contributed by atoms with Crippen LogP contribution in [0.4, 0.5) is 8.78 Å². The van der Waals surface area contributed by atoms with E-state index >= 15 is 0 Å². The zero-order valence-electron chi connectivity index (χ0n) is 13.8. The first kappa shape index (κ1) is 19.6. The molecule has 2 N–H and O–H groups in total. The Bertz CT molecular complexity index is 796. The minimum absolute atomic E-state index is 0.251. The fourth-order valence-corrected chi connectivity index (χ4v) is 3.48. The summed E-state index contributed by atoms with van der Waals surface area (Å²) in [5, 5.41) is 4.57. The van der Waals surface area contributed by atoms with Gasteiger partial charge in [0.05, 0.1) is 17.4 Å². The second kappa shape index (κ2) is 7.68. The largest absolute Gasteiger partial charge is 0.376 e. The van der Waals surface area contributed by atoms with Gasteiger partial charge in [-0.3, -0.25) is 9.48 Å². The molecule has 0 aliphatic heterocycles. The van der Waals surface area contributed by atoms with Crippen LogP contribution in [0.2, 0.25) is 10.0 Å². The number of hydrogen-bond acceptors (Lipinski definition) is 3. The van der Waals surface area contributed by atoms with E-state index in [4.69, 9.17) is 33.7 Å². The molecule has 0 saturated heterocycles. The molecular formula is C16H17Cl2F2N3O2. The Morgan fingerprint density at radius 3 is 2.48 bits per heavy atom. The van der Waals surface area contributed by atoms with E-state index in [1.165, 1.54) is 18.8 Å². The number of nitrogens with zero attached hydrogens (tertiary/aromatic N) is 2. The lowest BCUT2D eigenvalue weighted by Crippen LogP contribution is -2.20. The van der Waals surface area contributed by atoms with Crippen LogP contribution in [0, 0.1) is 0 Å². The lowest BCUT2D eigenvalue weighted by Gasteiger charge is -2.25. The van der Waals surface area contributed by atoms with Crippen molar-refractivity contribution >= 4 is 29.1 Å². The summed E-state index contributed by atoms with van der Waals surface area (Å²) in [7, 11) is 2.93. The minimum Gasteiger partial charge on any atom is -0.376 e. The highest BCUT2D eigenvalue weighted by molar-refractivity contribution is 6.35. The Labute approximate surface area is 153 Å². The molecular weight excluding hydrogens is 375 g/mol. The molecule has 1 heterocycles. The second-order valence-corrected chi connectivity index (χ2v) is 6.39. The summed E-state index contributed by atoms with van der Waals surface area (Å²) < 4.78 is 33.2. The molecule has 9 heteroatoms. The topological polar surface area (TPSA) is 70.1 Å². The summed E-state index contributed by atoms with van der Waals surface area (Å²) in [4.78, 5) is 11.8. The molecule has 0 unspecified atom stereocenters. The van der Waals surface area contributed by atoms with Crippen molar-refractivity contribution in [1.82, 2.24) is 9.78 Å². The molecule has 2 aromatic rings. The molecule has 0 radical (unpaired) electrons. The fourth-order valence-electron chi connectivity index (χ4n) is 2.96. The van der Waals surface area contributed by atoms with Crippen molar-refractivity contribution in [2.45, 2.75) is 25.4 Å². The van der Waals surface area contributed by atoms with Crippen LogP contribution in [0.15, 0.2) is 18.2 Å². The van der Waals surface area contributed by atoms with Gasteiger partial charge in [0, 0.05) is 35.7 Å². The zero-order chi connectivity index (χ0) is 18.9. The lowest BCUT2D eigenvalue weighted by molar-refractivity contribution is 0.0805. The number of aromatic nitrogens is 2. The molecule has 1 aromatic carbocycles. The number of ether oxygens (including phenoxy) is 1. The Balaban J connectivity index is 2.58. The van der Waals surface area contributed by atoms with Crippen molar-refractivity contribution in [3.8, 4) is 0 Å². The summed E-state index contributed by atoms with van der Waals surface area (Å²) in [5.41, 5.74) is 5.24. The van der Waals surface area contributed by atoms with Gasteiger partial charge in [-0.25, -0.2) is 8.78 Å². The monoisotopic (exact) mass is 391 g/mol. The number of halogens is 4. The fraction of sp³-hybridized carbons (Fsp3) is 0.375. The van der Waals surface area contributed by atoms with E-state index in [-0.39, 0.29) is 11.3 Å². The molecule has 5 nitrogen and oxygen atoms in total. The molecule has 1 amide bonds. The normalized spacial score (nSPS) is 13.9. The van der Waals surface area contributed by atoms with Gasteiger partial charge in [-0.2, -0.15) is 5.10 Å². The number of amides is 1. The highest BCUT2D eigenvalue weighted by atomic mass is 35.5. The van der Waals surface area contributed by atoms with Crippen LogP contribution in [-0.4, -0.2) is 22.8 Å². The van der Waals surface area contributed by atoms with Crippen molar-refractivity contribution in [3.05, 3.63) is 50.8 Å². The number of carbonyl (C=O) groups excluding carboxylic acids is 1. The van der Waals surface area contributed by atoms with Crippen molar-refractivity contribution in [3.63, 3.8) is 0 Å². The number of carbonyl (C=O) groups is 1. The number of benzene rings is 1. The lowest BCUT2D eigenvalue weighted by atomic mass is 9.91. The molecule has 0 bridgehead atoms. The van der Waals surface area contributed by atoms with Crippen molar-refractivity contribution < 1.29 is 18.3 Å². The summed E-state index contributed by atoms with van der Waals surface area (Å²) in [5.74, 6) is -1.50. The molecule has 0 fully saturated rings. The molecule has 0 aliphatic rings. The Kier molecular flexibility index (Phi) is 6.03. The van der Waals surface area contributed by atoms with E-state index in [9.17, 15) is 13.6 Å². The quantitative estimate of drug-likeness (QED) is 0.799. The van der Waals surface area contributed by atoms with Gasteiger partial charge in [0.2, 0.25) is 0 Å². The standard InChI is InChI=1S/C16H17Cl2F2N3O2/c1-7(14(25-3)9-5-4-8(17)6-10(9)18)13-11(16(21)24)12(15(19)20)22-23(13)2/h4-7,14-15H,1-3H3,(H2,21,24)/t7-,14-/m1/s1. The van der Waals surface area contributed by atoms with Crippen LogP contribution in [0.1, 0.15) is 52.7 Å². The maximum absolute atomic E-state index is 13.2. The average molecular weight is 392 g/mol. The summed E-state index contributed by atoms with van der Waals surface area (Å²) in [6, 6.07) is 4.88. The molecule has 0 aliphatic carbocycles. The molecule has 2 rings (SSSR count). The molecule has 0 saturated carbocycles. The molecule has 136 valence electrons. The van der Waals surface area contributed by atoms with E-state index in [2.05, 4.69) is 5.10 Å². The van der Waals surface area contributed by atoms with E-state index in [1.807, 2.05) is 0 Å². The number of rotatable bonds is 6. The van der Waals surface area contributed by atoms with Gasteiger partial charge in [-0.15, -0.1) is 0 Å². The number of methoxy groups -OCH3 is 1. The SMILES string of the molecule is CO[C@@H](c1ccc(Cl)cc1Cl)[C@H](C)c1c(C(N)=O)c(C(F)F)nn1C. The number of aryl methyl sites for hydroxylation is 1. The maximum atomic E-state index is 13.2. The van der Waals surface area contributed by atoms with Crippen LogP contribution >= 0.6 is 23.2 Å². The van der Waals surface area contributed by atoms with Gasteiger partial charge in [0.15, 0.2) is 0 Å². The van der Waals surface area contributed by atoms with Crippen molar-refractivity contribution in [1.29, 1.82) is 0 Å². The summed E-state index contributed by atoms with van der Waals surface area (Å²) in [6.45, 7) is 1.72. The smallest absolute Gasteiger partial charge is 0.282 e. The number of hydrogen-bond donors (Lipinski definition) is 1. The van der Waals surface area contributed by atoms with Gasteiger partial charge >= 0.3 is 0 Å². The van der Waals surface area contributed by atoms with E-state index in [0.29, 0.717) is 15.6 Å². The molecule has 1 aromatic heterocycles. The van der Waals surface area contributed by atoms with Gasteiger partial charge < -0.3 is 10.5 Å². The third-order valence-corrected chi connectivity index (χ3v) is 4.54. The van der Waals surface area contributed by atoms with Gasteiger partial charge in [0.25, 0.3) is 12.3 Å². The average Bonchev–Trinajstić information content (AvgIpc) is 2.87. The first-order valence-corrected chi connectivity index (χ1v) is 8.07. The number of nitrogens with two attached hydrogens (primary N) is 1. The predicted octanol–water partition coefficient (Wildman–Crippen LogP) is 4.25. The number of primary amides is 1. The predicted molar refractivity (Wildman–Crippen MR) is 91.3 cm³/mol. The van der Waals surface area contributed by atoms with Crippen molar-refractivity contribution in [2.24, 2.45) is 12.8 Å². The molecule has 0 spiro atoms. The van der Waals surface area contributed by atoms with Crippen LogP contribution in [0.25, 0.3) is 0 Å². The van der Waals surface area contributed by atoms with Crippen LogP contribution in [0.3, 0.4) is 0 Å². The van der Waals surface area contributed by atoms with Crippen LogP contribution < -0.4 is 5.73 Å². The summed E-state index contributed by atoms with van der Waals surface area (Å²) >= 11 is 12.1. The first-order chi connectivity index (χ1) is 11.7. The van der Waals surface area contributed by atoms with E-state index in [1.54, 1.807) is 25.1 Å². The van der Waals surface area contributed by atoms with E-state index < -0.39 is 30.0 Å². The Morgan fingerprint density at radius 2 is 2.00 bits per heavy atom. The summed E-state index contributed by atoms with van der Waals surface area (Å²) in [6.07, 6.45) is -3.54. The third kappa shape index (κ3) is 3.78. The number of alkyl halides is 2. The minimum atomic E-state index is -2.92. The van der Waals surface area contributed by atoms with E-state index in [0.717, 1.165) is 0 Å². The maximum Gasteiger partial charge on any atom is 0.282 e. The molecule has 25 heavy (non-hydrogen) atoms. The highest BCUT2D eigenvalue weighted by Crippen LogP contribution is 2.40. The zero-order valence-corrected chi connectivity index (χ0v) is 15.3. The first-order valence-electron chi connectivity index (χ1n) is 7.31. The Morgan fingerprint density at radius 1 is 1.36 bits per heavy atom. The van der Waals surface area contributed by atoms with Gasteiger partial charge in [0.1, 0.15) is 5.69 Å². The molecule has 2 atom stereocenters. The van der Waals surface area contributed by atoms with Crippen LogP contribution in [-0.2, 0) is 11.8 Å². The van der Waals surface area contributed by atoms with Gasteiger partial charge in [-0.1, -0.05) is 36.2 Å². The van der Waals surface area contributed by atoms with Crippen LogP contribution in [0.5, 0.6) is 0 Å². The highest BCUT2D eigenvalue weighted by Gasteiger charge is 2.33. The Hall–Kier alpha value is -1.70.